The Labute approximate surface area is 116 Å². The molecule has 1 fully saturated rings. The van der Waals surface area contributed by atoms with Crippen molar-refractivity contribution in [2.45, 2.75) is 13.3 Å². The molecule has 0 spiro atoms. The number of piperazine rings is 1. The molecule has 0 atom stereocenters. The highest BCUT2D eigenvalue weighted by Crippen LogP contribution is 2.13. The minimum Gasteiger partial charge on any atom is -0.484 e. The van der Waals surface area contributed by atoms with Crippen LogP contribution in [0, 0.1) is 0 Å². The number of ether oxygens (including phenoxy) is 1. The smallest absolute Gasteiger partial charge is 0.261 e. The second-order valence-electron chi connectivity index (χ2n) is 4.51. The van der Waals surface area contributed by atoms with E-state index in [-0.39, 0.29) is 25.6 Å². The average molecular weight is 276 g/mol. The molecule has 1 saturated heterocycles. The van der Waals surface area contributed by atoms with E-state index < -0.39 is 11.8 Å². The minimum absolute atomic E-state index is 0.108. The number of nitrogens with one attached hydrogen (secondary N) is 1. The molecule has 0 radical (unpaired) electrons. The Balaban J connectivity index is 1.91. The highest BCUT2D eigenvalue weighted by atomic mass is 16.5. The number of hydrogen-bond donors (Lipinski definition) is 1. The maximum absolute atomic E-state index is 11.9. The molecule has 0 aliphatic carbocycles. The third-order valence-corrected chi connectivity index (χ3v) is 2.97. The molecule has 2 rings (SSSR count). The van der Waals surface area contributed by atoms with E-state index in [1.54, 1.807) is 6.07 Å². The molecular weight excluding hydrogens is 260 g/mol. The highest BCUT2D eigenvalue weighted by molar-refractivity contribution is 6.02. The van der Waals surface area contributed by atoms with Crippen molar-refractivity contribution in [3.05, 3.63) is 29.8 Å². The van der Waals surface area contributed by atoms with Crippen LogP contribution in [0.2, 0.25) is 0 Å². The number of carbonyl (C=O) groups is 3. The van der Waals surface area contributed by atoms with E-state index in [1.165, 1.54) is 4.90 Å². The van der Waals surface area contributed by atoms with Crippen molar-refractivity contribution in [3.8, 4) is 5.75 Å². The average Bonchev–Trinajstić information content (AvgIpc) is 2.44. The van der Waals surface area contributed by atoms with Crippen LogP contribution in [0.25, 0.3) is 0 Å². The van der Waals surface area contributed by atoms with E-state index in [0.717, 1.165) is 12.0 Å². The van der Waals surface area contributed by atoms with Crippen LogP contribution in [0.5, 0.6) is 5.75 Å². The molecule has 1 N–H and O–H groups in total. The second-order valence-corrected chi connectivity index (χ2v) is 4.51. The summed E-state index contributed by atoms with van der Waals surface area (Å²) in [7, 11) is 0. The first-order chi connectivity index (χ1) is 9.58. The standard InChI is InChI=1S/C14H16N2O4/c1-2-10-4-3-5-11(6-10)20-9-14(19)16-7-12(17)15-13(18)8-16/h3-6H,2,7-9H2,1H3,(H,15,17,18). The Morgan fingerprint density at radius 1 is 1.30 bits per heavy atom. The Kier molecular flexibility index (Phi) is 4.34. The molecule has 3 amide bonds. The van der Waals surface area contributed by atoms with Crippen molar-refractivity contribution in [2.24, 2.45) is 0 Å². The molecule has 1 aromatic rings. The van der Waals surface area contributed by atoms with Crippen LogP contribution < -0.4 is 10.1 Å². The van der Waals surface area contributed by atoms with Gasteiger partial charge in [-0.25, -0.2) is 0 Å². The molecule has 20 heavy (non-hydrogen) atoms. The zero-order valence-corrected chi connectivity index (χ0v) is 11.2. The van der Waals surface area contributed by atoms with E-state index in [9.17, 15) is 14.4 Å². The van der Waals surface area contributed by atoms with Crippen LogP contribution in [-0.2, 0) is 20.8 Å². The molecule has 1 heterocycles. The van der Waals surface area contributed by atoms with Crippen molar-refractivity contribution in [1.82, 2.24) is 10.2 Å². The Morgan fingerprint density at radius 3 is 2.65 bits per heavy atom. The van der Waals surface area contributed by atoms with Gasteiger partial charge in [-0.3, -0.25) is 19.7 Å². The number of nitrogens with zero attached hydrogens (tertiary/aromatic N) is 1. The van der Waals surface area contributed by atoms with Crippen molar-refractivity contribution >= 4 is 17.7 Å². The van der Waals surface area contributed by atoms with Crippen molar-refractivity contribution in [1.29, 1.82) is 0 Å². The summed E-state index contributed by atoms with van der Waals surface area (Å²) in [6, 6.07) is 7.46. The van der Waals surface area contributed by atoms with Crippen LogP contribution in [0.1, 0.15) is 12.5 Å². The van der Waals surface area contributed by atoms with Gasteiger partial charge in [-0.15, -0.1) is 0 Å². The number of benzene rings is 1. The summed E-state index contributed by atoms with van der Waals surface area (Å²) >= 11 is 0. The maximum Gasteiger partial charge on any atom is 0.261 e. The largest absolute Gasteiger partial charge is 0.484 e. The summed E-state index contributed by atoms with van der Waals surface area (Å²) < 4.78 is 5.40. The highest BCUT2D eigenvalue weighted by Gasteiger charge is 2.26. The molecule has 0 saturated carbocycles. The van der Waals surface area contributed by atoms with Crippen LogP contribution in [0.15, 0.2) is 24.3 Å². The number of carbonyl (C=O) groups excluding carboxylic acids is 3. The van der Waals surface area contributed by atoms with Gasteiger partial charge in [0.15, 0.2) is 6.61 Å². The monoisotopic (exact) mass is 276 g/mol. The van der Waals surface area contributed by atoms with Gasteiger partial charge in [-0.1, -0.05) is 19.1 Å². The number of imide groups is 1. The predicted octanol–water partition coefficient (Wildman–Crippen LogP) is 0.113. The first-order valence-electron chi connectivity index (χ1n) is 6.40. The lowest BCUT2D eigenvalue weighted by Crippen LogP contribution is -2.54. The third-order valence-electron chi connectivity index (χ3n) is 2.97. The van der Waals surface area contributed by atoms with Gasteiger partial charge in [0.05, 0.1) is 0 Å². The van der Waals surface area contributed by atoms with Gasteiger partial charge in [-0.2, -0.15) is 0 Å². The van der Waals surface area contributed by atoms with Gasteiger partial charge in [0, 0.05) is 0 Å². The molecule has 1 aliphatic rings. The molecule has 106 valence electrons. The molecule has 1 aliphatic heterocycles. The van der Waals surface area contributed by atoms with Crippen molar-refractivity contribution in [3.63, 3.8) is 0 Å². The minimum atomic E-state index is -0.470. The summed E-state index contributed by atoms with van der Waals surface area (Å²) in [6.45, 7) is 1.63. The van der Waals surface area contributed by atoms with E-state index in [1.807, 2.05) is 25.1 Å². The third kappa shape index (κ3) is 3.57. The summed E-state index contributed by atoms with van der Waals surface area (Å²) in [6.07, 6.45) is 0.881. The fraction of sp³-hybridized carbons (Fsp3) is 0.357. The van der Waals surface area contributed by atoms with Gasteiger partial charge in [0.1, 0.15) is 18.8 Å². The first kappa shape index (κ1) is 14.0. The molecule has 1 aromatic carbocycles. The van der Waals surface area contributed by atoms with Crippen LogP contribution in [0.4, 0.5) is 0 Å². The summed E-state index contributed by atoms with van der Waals surface area (Å²) in [5, 5.41) is 2.14. The van der Waals surface area contributed by atoms with Crippen LogP contribution in [-0.4, -0.2) is 42.3 Å². The molecular formula is C14H16N2O4. The number of amides is 3. The second kappa shape index (κ2) is 6.18. The maximum atomic E-state index is 11.9. The van der Waals surface area contributed by atoms with Gasteiger partial charge in [0.2, 0.25) is 11.8 Å². The Morgan fingerprint density at radius 2 is 2.00 bits per heavy atom. The quantitative estimate of drug-likeness (QED) is 0.792. The van der Waals surface area contributed by atoms with Crippen molar-refractivity contribution < 1.29 is 19.1 Å². The molecule has 0 aromatic heterocycles. The van der Waals surface area contributed by atoms with Gasteiger partial charge >= 0.3 is 0 Å². The Bertz CT molecular complexity index is 526. The molecule has 6 nitrogen and oxygen atoms in total. The normalized spacial score (nSPS) is 14.9. The lowest BCUT2D eigenvalue weighted by Gasteiger charge is -2.25. The fourth-order valence-corrected chi connectivity index (χ4v) is 1.91. The lowest BCUT2D eigenvalue weighted by atomic mass is 10.2. The van der Waals surface area contributed by atoms with Gasteiger partial charge in [0.25, 0.3) is 5.91 Å². The summed E-state index contributed by atoms with van der Waals surface area (Å²) in [4.78, 5) is 35.4. The number of rotatable bonds is 4. The number of hydrogen-bond acceptors (Lipinski definition) is 4. The van der Waals surface area contributed by atoms with E-state index in [0.29, 0.717) is 5.75 Å². The molecule has 0 bridgehead atoms. The number of aryl methyl sites for hydroxylation is 1. The lowest BCUT2D eigenvalue weighted by molar-refractivity contribution is -0.146. The SMILES string of the molecule is CCc1cccc(OCC(=O)N2CC(=O)NC(=O)C2)c1. The van der Waals surface area contributed by atoms with E-state index >= 15 is 0 Å². The molecule has 6 heteroatoms. The zero-order chi connectivity index (χ0) is 14.5. The molecule has 0 unspecified atom stereocenters. The summed E-state index contributed by atoms with van der Waals surface area (Å²) in [5.41, 5.74) is 1.11. The van der Waals surface area contributed by atoms with Crippen LogP contribution >= 0.6 is 0 Å². The predicted molar refractivity (Wildman–Crippen MR) is 71.0 cm³/mol. The van der Waals surface area contributed by atoms with Gasteiger partial charge in [-0.05, 0) is 24.1 Å². The van der Waals surface area contributed by atoms with E-state index in [4.69, 9.17) is 4.74 Å². The Hall–Kier alpha value is -2.37. The van der Waals surface area contributed by atoms with Gasteiger partial charge < -0.3 is 9.64 Å². The van der Waals surface area contributed by atoms with E-state index in [2.05, 4.69) is 5.32 Å². The zero-order valence-electron chi connectivity index (χ0n) is 11.2. The topological polar surface area (TPSA) is 75.7 Å². The van der Waals surface area contributed by atoms with Crippen molar-refractivity contribution in [2.75, 3.05) is 19.7 Å². The van der Waals surface area contributed by atoms with Crippen LogP contribution in [0.3, 0.4) is 0 Å². The summed E-state index contributed by atoms with van der Waals surface area (Å²) in [5.74, 6) is -0.717. The fourth-order valence-electron chi connectivity index (χ4n) is 1.91. The first-order valence-corrected chi connectivity index (χ1v) is 6.40.